The van der Waals surface area contributed by atoms with Gasteiger partial charge >= 0.3 is 5.69 Å². The summed E-state index contributed by atoms with van der Waals surface area (Å²) in [5.41, 5.74) is 0.684. The Kier molecular flexibility index (Phi) is 2.65. The number of aryl methyl sites for hydroxylation is 1. The van der Waals surface area contributed by atoms with Crippen LogP contribution in [0.15, 0.2) is 6.20 Å². The predicted octanol–water partition coefficient (Wildman–Crippen LogP) is 1.93. The summed E-state index contributed by atoms with van der Waals surface area (Å²) in [5.74, 6) is 0.0909. The van der Waals surface area contributed by atoms with Gasteiger partial charge in [0, 0.05) is 12.5 Å². The van der Waals surface area contributed by atoms with Crippen LogP contribution in [0.3, 0.4) is 0 Å². The number of nitro groups is 1. The molecule has 0 atom stereocenters. The van der Waals surface area contributed by atoms with Gasteiger partial charge < -0.3 is 0 Å². The molecule has 1 heterocycles. The molecule has 0 fully saturated rings. The third-order valence-corrected chi connectivity index (χ3v) is 1.84. The van der Waals surface area contributed by atoms with E-state index in [2.05, 4.69) is 5.10 Å². The first kappa shape index (κ1) is 9.70. The molecule has 0 saturated carbocycles. The summed E-state index contributed by atoms with van der Waals surface area (Å²) in [6.07, 6.45) is 1.48. The smallest absolute Gasteiger partial charge is 0.266 e. The minimum Gasteiger partial charge on any atom is -0.266 e. The zero-order chi connectivity index (χ0) is 10.0. The van der Waals surface area contributed by atoms with Crippen LogP contribution in [0.4, 0.5) is 5.69 Å². The molecule has 1 rings (SSSR count). The molecular weight excluding hydrogens is 170 g/mol. The van der Waals surface area contributed by atoms with E-state index in [1.807, 2.05) is 20.8 Å². The number of hydrogen-bond acceptors (Lipinski definition) is 3. The van der Waals surface area contributed by atoms with Crippen LogP contribution in [0.1, 0.15) is 32.4 Å². The number of rotatable bonds is 3. The first-order chi connectivity index (χ1) is 6.06. The Hall–Kier alpha value is -1.39. The van der Waals surface area contributed by atoms with Crippen LogP contribution >= 0.6 is 0 Å². The number of hydrogen-bond donors (Lipinski definition) is 0. The summed E-state index contributed by atoms with van der Waals surface area (Å²) in [5, 5.41) is 14.7. The Morgan fingerprint density at radius 2 is 2.31 bits per heavy atom. The van der Waals surface area contributed by atoms with Crippen LogP contribution in [0, 0.1) is 10.1 Å². The van der Waals surface area contributed by atoms with Crippen molar-refractivity contribution < 1.29 is 4.92 Å². The minimum absolute atomic E-state index is 0.0909. The van der Waals surface area contributed by atoms with E-state index < -0.39 is 0 Å². The molecule has 72 valence electrons. The topological polar surface area (TPSA) is 61.0 Å². The molecule has 0 radical (unpaired) electrons. The van der Waals surface area contributed by atoms with E-state index in [-0.39, 0.29) is 16.5 Å². The van der Waals surface area contributed by atoms with Crippen molar-refractivity contribution in [2.24, 2.45) is 0 Å². The first-order valence-electron chi connectivity index (χ1n) is 4.28. The van der Waals surface area contributed by atoms with E-state index in [1.54, 1.807) is 4.68 Å². The minimum atomic E-state index is -0.380. The second-order valence-electron chi connectivity index (χ2n) is 3.17. The lowest BCUT2D eigenvalue weighted by atomic mass is 10.1. The van der Waals surface area contributed by atoms with Gasteiger partial charge in [0.25, 0.3) is 0 Å². The molecule has 5 nitrogen and oxygen atoms in total. The van der Waals surface area contributed by atoms with E-state index in [0.29, 0.717) is 12.2 Å². The molecule has 5 heteroatoms. The quantitative estimate of drug-likeness (QED) is 0.531. The van der Waals surface area contributed by atoms with Crippen LogP contribution in [0.2, 0.25) is 0 Å². The lowest BCUT2D eigenvalue weighted by Crippen LogP contribution is -1.97. The van der Waals surface area contributed by atoms with Gasteiger partial charge in [0.15, 0.2) is 0 Å². The molecule has 0 unspecified atom stereocenters. The maximum atomic E-state index is 10.6. The van der Waals surface area contributed by atoms with Gasteiger partial charge in [-0.3, -0.25) is 14.8 Å². The molecule has 0 amide bonds. The lowest BCUT2D eigenvalue weighted by molar-refractivity contribution is -0.385. The van der Waals surface area contributed by atoms with Crippen LogP contribution in [-0.2, 0) is 6.54 Å². The van der Waals surface area contributed by atoms with Crippen molar-refractivity contribution in [3.63, 3.8) is 0 Å². The van der Waals surface area contributed by atoms with E-state index in [4.69, 9.17) is 0 Å². The Morgan fingerprint density at radius 1 is 1.69 bits per heavy atom. The van der Waals surface area contributed by atoms with Crippen LogP contribution in [0.5, 0.6) is 0 Å². The molecule has 0 aliphatic carbocycles. The van der Waals surface area contributed by atoms with Crippen molar-refractivity contribution in [2.75, 3.05) is 0 Å². The molecule has 0 aromatic carbocycles. The second kappa shape index (κ2) is 3.55. The molecule has 1 aromatic rings. The van der Waals surface area contributed by atoms with Gasteiger partial charge in [0.1, 0.15) is 11.9 Å². The zero-order valence-corrected chi connectivity index (χ0v) is 8.02. The van der Waals surface area contributed by atoms with Crippen molar-refractivity contribution in [1.82, 2.24) is 9.78 Å². The highest BCUT2D eigenvalue weighted by Crippen LogP contribution is 2.23. The monoisotopic (exact) mass is 183 g/mol. The zero-order valence-electron chi connectivity index (χ0n) is 8.02. The SMILES string of the molecule is CCn1cc([N+](=O)[O-])c(C(C)C)n1. The highest BCUT2D eigenvalue weighted by Gasteiger charge is 2.20. The van der Waals surface area contributed by atoms with Crippen molar-refractivity contribution in [3.8, 4) is 0 Å². The molecule has 0 spiro atoms. The van der Waals surface area contributed by atoms with E-state index in [0.717, 1.165) is 0 Å². The van der Waals surface area contributed by atoms with Crippen LogP contribution in [-0.4, -0.2) is 14.7 Å². The summed E-state index contributed by atoms with van der Waals surface area (Å²) < 4.78 is 1.59. The average Bonchev–Trinajstić information content (AvgIpc) is 2.47. The van der Waals surface area contributed by atoms with Crippen molar-refractivity contribution >= 4 is 5.69 Å². The van der Waals surface area contributed by atoms with Gasteiger partial charge in [-0.05, 0) is 6.92 Å². The Balaban J connectivity index is 3.15. The molecule has 0 bridgehead atoms. The fourth-order valence-electron chi connectivity index (χ4n) is 1.14. The molecule has 0 aliphatic rings. The predicted molar refractivity (Wildman–Crippen MR) is 48.6 cm³/mol. The van der Waals surface area contributed by atoms with Crippen molar-refractivity contribution in [3.05, 3.63) is 22.0 Å². The van der Waals surface area contributed by atoms with E-state index in [9.17, 15) is 10.1 Å². The molecule has 13 heavy (non-hydrogen) atoms. The van der Waals surface area contributed by atoms with E-state index in [1.165, 1.54) is 6.20 Å². The third-order valence-electron chi connectivity index (χ3n) is 1.84. The molecule has 0 aliphatic heterocycles. The molecular formula is C8H13N3O2. The summed E-state index contributed by atoms with van der Waals surface area (Å²) >= 11 is 0. The normalized spacial score (nSPS) is 10.8. The molecule has 1 aromatic heterocycles. The summed E-state index contributed by atoms with van der Waals surface area (Å²) in [6.45, 7) is 6.36. The maximum Gasteiger partial charge on any atom is 0.310 e. The van der Waals surface area contributed by atoms with Gasteiger partial charge in [-0.15, -0.1) is 0 Å². The van der Waals surface area contributed by atoms with Gasteiger partial charge in [-0.25, -0.2) is 0 Å². The van der Waals surface area contributed by atoms with Crippen molar-refractivity contribution in [1.29, 1.82) is 0 Å². The average molecular weight is 183 g/mol. The largest absolute Gasteiger partial charge is 0.310 e. The van der Waals surface area contributed by atoms with Gasteiger partial charge in [0.2, 0.25) is 0 Å². The fraction of sp³-hybridized carbons (Fsp3) is 0.625. The highest BCUT2D eigenvalue weighted by molar-refractivity contribution is 5.34. The van der Waals surface area contributed by atoms with Gasteiger partial charge in [-0.1, -0.05) is 13.8 Å². The molecule has 0 saturated heterocycles. The van der Waals surface area contributed by atoms with Crippen LogP contribution in [0.25, 0.3) is 0 Å². The van der Waals surface area contributed by atoms with Gasteiger partial charge in [0.05, 0.1) is 4.92 Å². The maximum absolute atomic E-state index is 10.6. The second-order valence-corrected chi connectivity index (χ2v) is 3.17. The Labute approximate surface area is 76.5 Å². The molecule has 0 N–H and O–H groups in total. The first-order valence-corrected chi connectivity index (χ1v) is 4.28. The third kappa shape index (κ3) is 1.85. The Morgan fingerprint density at radius 3 is 2.62 bits per heavy atom. The van der Waals surface area contributed by atoms with E-state index >= 15 is 0 Å². The van der Waals surface area contributed by atoms with Crippen LogP contribution < -0.4 is 0 Å². The number of nitrogens with zero attached hydrogens (tertiary/aromatic N) is 3. The lowest BCUT2D eigenvalue weighted by Gasteiger charge is -1.97. The number of aromatic nitrogens is 2. The summed E-state index contributed by atoms with van der Waals surface area (Å²) in [6, 6.07) is 0. The highest BCUT2D eigenvalue weighted by atomic mass is 16.6. The summed E-state index contributed by atoms with van der Waals surface area (Å²) in [7, 11) is 0. The van der Waals surface area contributed by atoms with Gasteiger partial charge in [-0.2, -0.15) is 5.10 Å². The Bertz CT molecular complexity index is 317. The standard InChI is InChI=1S/C8H13N3O2/c1-4-10-5-7(11(12)13)8(9-10)6(2)3/h5-6H,4H2,1-3H3. The summed E-state index contributed by atoms with van der Waals surface area (Å²) in [4.78, 5) is 10.2. The van der Waals surface area contributed by atoms with Crippen molar-refractivity contribution in [2.45, 2.75) is 33.2 Å². The fourth-order valence-corrected chi connectivity index (χ4v) is 1.14.